The van der Waals surface area contributed by atoms with Gasteiger partial charge >= 0.3 is 5.97 Å². The predicted octanol–water partition coefficient (Wildman–Crippen LogP) is 4.37. The summed E-state index contributed by atoms with van der Waals surface area (Å²) in [4.78, 5) is 22.0. The number of fused-ring (bicyclic) bond motifs is 1. The molecular weight excluding hydrogens is 402 g/mol. The summed E-state index contributed by atoms with van der Waals surface area (Å²) in [6.07, 6.45) is 3.41. The van der Waals surface area contributed by atoms with Crippen LogP contribution in [0.1, 0.15) is 24.1 Å². The van der Waals surface area contributed by atoms with Crippen LogP contribution in [0.15, 0.2) is 96.5 Å². The van der Waals surface area contributed by atoms with E-state index in [1.807, 2.05) is 79.7 Å². The van der Waals surface area contributed by atoms with Crippen LogP contribution in [0.3, 0.4) is 0 Å². The SMILES string of the molecule is CC1=C(C(=O)OCc2ccccc2)[C@@H](c2ccncc2)n2nc(-c3ccccc3)nc2N1. The Labute approximate surface area is 185 Å². The Morgan fingerprint density at radius 1 is 1.00 bits per heavy atom. The molecule has 1 atom stereocenters. The maximum Gasteiger partial charge on any atom is 0.338 e. The number of ether oxygens (including phenoxy) is 1. The third kappa shape index (κ3) is 3.76. The fourth-order valence-corrected chi connectivity index (χ4v) is 3.78. The molecule has 7 heteroatoms. The van der Waals surface area contributed by atoms with Crippen molar-refractivity contribution in [3.63, 3.8) is 0 Å². The number of allylic oxidation sites excluding steroid dienone is 1. The summed E-state index contributed by atoms with van der Waals surface area (Å²) >= 11 is 0. The van der Waals surface area contributed by atoms with Crippen LogP contribution < -0.4 is 5.32 Å². The minimum atomic E-state index is -0.484. The van der Waals surface area contributed by atoms with E-state index in [0.29, 0.717) is 23.0 Å². The van der Waals surface area contributed by atoms with Crippen molar-refractivity contribution in [3.05, 3.63) is 108 Å². The molecule has 4 aromatic rings. The van der Waals surface area contributed by atoms with Gasteiger partial charge in [-0.2, -0.15) is 4.98 Å². The van der Waals surface area contributed by atoms with Crippen LogP contribution in [-0.2, 0) is 16.1 Å². The van der Waals surface area contributed by atoms with E-state index in [0.717, 1.165) is 16.7 Å². The Morgan fingerprint density at radius 2 is 1.69 bits per heavy atom. The van der Waals surface area contributed by atoms with Gasteiger partial charge in [-0.05, 0) is 30.2 Å². The van der Waals surface area contributed by atoms with Gasteiger partial charge in [-0.1, -0.05) is 60.7 Å². The quantitative estimate of drug-likeness (QED) is 0.480. The van der Waals surface area contributed by atoms with Gasteiger partial charge in [0.05, 0.1) is 5.57 Å². The van der Waals surface area contributed by atoms with Crippen molar-refractivity contribution in [1.29, 1.82) is 0 Å². The molecule has 0 aliphatic carbocycles. The maximum atomic E-state index is 13.3. The molecule has 5 rings (SSSR count). The van der Waals surface area contributed by atoms with Crippen molar-refractivity contribution in [2.45, 2.75) is 19.6 Å². The third-order valence-corrected chi connectivity index (χ3v) is 5.34. The summed E-state index contributed by atoms with van der Waals surface area (Å²) < 4.78 is 7.42. The van der Waals surface area contributed by atoms with Crippen LogP contribution >= 0.6 is 0 Å². The second-order valence-corrected chi connectivity index (χ2v) is 7.48. The van der Waals surface area contributed by atoms with Gasteiger partial charge in [-0.25, -0.2) is 9.48 Å². The molecule has 0 fully saturated rings. The van der Waals surface area contributed by atoms with Gasteiger partial charge in [-0.3, -0.25) is 4.98 Å². The van der Waals surface area contributed by atoms with Crippen molar-refractivity contribution in [1.82, 2.24) is 19.7 Å². The lowest BCUT2D eigenvalue weighted by Gasteiger charge is -2.28. The molecule has 7 nitrogen and oxygen atoms in total. The minimum Gasteiger partial charge on any atom is -0.457 e. The molecule has 0 amide bonds. The van der Waals surface area contributed by atoms with Crippen molar-refractivity contribution in [2.24, 2.45) is 0 Å². The molecule has 0 saturated heterocycles. The van der Waals surface area contributed by atoms with Crippen molar-refractivity contribution >= 4 is 11.9 Å². The Hall–Kier alpha value is -4.26. The summed E-state index contributed by atoms with van der Waals surface area (Å²) in [5.74, 6) is 0.754. The van der Waals surface area contributed by atoms with Gasteiger partial charge < -0.3 is 10.1 Å². The molecule has 3 heterocycles. The first-order valence-electron chi connectivity index (χ1n) is 10.3. The van der Waals surface area contributed by atoms with E-state index >= 15 is 0 Å². The molecular formula is C25H21N5O2. The molecule has 0 saturated carbocycles. The number of carbonyl (C=O) groups excluding carboxylic acids is 1. The molecule has 2 aromatic heterocycles. The fraction of sp³-hybridized carbons (Fsp3) is 0.120. The number of hydrogen-bond acceptors (Lipinski definition) is 6. The number of rotatable bonds is 5. The second-order valence-electron chi connectivity index (χ2n) is 7.48. The van der Waals surface area contributed by atoms with E-state index in [-0.39, 0.29) is 6.61 Å². The molecule has 0 unspecified atom stereocenters. The molecule has 1 aliphatic heterocycles. The zero-order valence-electron chi connectivity index (χ0n) is 17.5. The monoisotopic (exact) mass is 423 g/mol. The standard InChI is InChI=1S/C25H21N5O2/c1-17-21(24(31)32-16-18-8-4-2-5-9-18)22(19-12-14-26-15-13-19)30-25(27-17)28-23(29-30)20-10-6-3-7-11-20/h2-15,22H,16H2,1H3,(H,27,28,29)/t22-/m1/s1. The van der Waals surface area contributed by atoms with Crippen LogP contribution in [0, 0.1) is 0 Å². The fourth-order valence-electron chi connectivity index (χ4n) is 3.78. The van der Waals surface area contributed by atoms with E-state index in [2.05, 4.69) is 15.3 Å². The predicted molar refractivity (Wildman–Crippen MR) is 120 cm³/mol. The second kappa shape index (κ2) is 8.47. The highest BCUT2D eigenvalue weighted by atomic mass is 16.5. The van der Waals surface area contributed by atoms with E-state index < -0.39 is 12.0 Å². The van der Waals surface area contributed by atoms with Crippen LogP contribution in [0.2, 0.25) is 0 Å². The number of benzene rings is 2. The average Bonchev–Trinajstić information content (AvgIpc) is 3.27. The normalized spacial score (nSPS) is 15.1. The van der Waals surface area contributed by atoms with E-state index in [9.17, 15) is 4.79 Å². The average molecular weight is 423 g/mol. The van der Waals surface area contributed by atoms with Crippen molar-refractivity contribution in [3.8, 4) is 11.4 Å². The largest absolute Gasteiger partial charge is 0.457 e. The lowest BCUT2D eigenvalue weighted by molar-refractivity contribution is -0.140. The number of hydrogen-bond donors (Lipinski definition) is 1. The summed E-state index contributed by atoms with van der Waals surface area (Å²) in [5, 5.41) is 7.98. The molecule has 2 aromatic carbocycles. The van der Waals surface area contributed by atoms with Crippen LogP contribution in [0.5, 0.6) is 0 Å². The molecule has 32 heavy (non-hydrogen) atoms. The van der Waals surface area contributed by atoms with Gasteiger partial charge in [0.25, 0.3) is 0 Å². The summed E-state index contributed by atoms with van der Waals surface area (Å²) in [7, 11) is 0. The maximum absolute atomic E-state index is 13.3. The molecule has 158 valence electrons. The van der Waals surface area contributed by atoms with Gasteiger partial charge in [0, 0.05) is 23.7 Å². The number of nitrogens with zero attached hydrogens (tertiary/aromatic N) is 4. The number of nitrogens with one attached hydrogen (secondary N) is 1. The topological polar surface area (TPSA) is 81.9 Å². The first-order valence-corrected chi connectivity index (χ1v) is 10.3. The summed E-state index contributed by atoms with van der Waals surface area (Å²) in [6, 6.07) is 22.6. The van der Waals surface area contributed by atoms with E-state index in [1.165, 1.54) is 0 Å². The van der Waals surface area contributed by atoms with Crippen molar-refractivity contribution < 1.29 is 9.53 Å². The number of pyridine rings is 1. The zero-order chi connectivity index (χ0) is 21.9. The number of anilines is 1. The third-order valence-electron chi connectivity index (χ3n) is 5.34. The van der Waals surface area contributed by atoms with Gasteiger partial charge in [0.15, 0.2) is 5.82 Å². The van der Waals surface area contributed by atoms with Gasteiger partial charge in [-0.15, -0.1) is 5.10 Å². The first kappa shape index (κ1) is 19.7. The number of aromatic nitrogens is 4. The Bertz CT molecular complexity index is 1270. The molecule has 1 aliphatic rings. The lowest BCUT2D eigenvalue weighted by atomic mass is 9.96. The van der Waals surface area contributed by atoms with Crippen LogP contribution in [0.4, 0.5) is 5.95 Å². The Kier molecular flexibility index (Phi) is 5.21. The van der Waals surface area contributed by atoms with E-state index in [4.69, 9.17) is 9.84 Å². The van der Waals surface area contributed by atoms with Gasteiger partial charge in [0.2, 0.25) is 5.95 Å². The van der Waals surface area contributed by atoms with Gasteiger partial charge in [0.1, 0.15) is 12.6 Å². The smallest absolute Gasteiger partial charge is 0.338 e. The highest BCUT2D eigenvalue weighted by Gasteiger charge is 2.35. The minimum absolute atomic E-state index is 0.193. The van der Waals surface area contributed by atoms with E-state index in [1.54, 1.807) is 17.1 Å². The number of esters is 1. The van der Waals surface area contributed by atoms with Crippen molar-refractivity contribution in [2.75, 3.05) is 5.32 Å². The molecule has 0 bridgehead atoms. The molecule has 1 N–H and O–H groups in total. The summed E-state index contributed by atoms with van der Waals surface area (Å²) in [5.41, 5.74) is 3.87. The Morgan fingerprint density at radius 3 is 2.41 bits per heavy atom. The van der Waals surface area contributed by atoms with Crippen LogP contribution in [0.25, 0.3) is 11.4 Å². The Balaban J connectivity index is 1.53. The molecule has 0 spiro atoms. The zero-order valence-corrected chi connectivity index (χ0v) is 17.5. The number of carbonyl (C=O) groups is 1. The highest BCUT2D eigenvalue weighted by molar-refractivity contribution is 5.92. The first-order chi connectivity index (χ1) is 15.7. The lowest BCUT2D eigenvalue weighted by Crippen LogP contribution is -2.29. The molecule has 0 radical (unpaired) electrons. The van der Waals surface area contributed by atoms with Crippen LogP contribution in [-0.4, -0.2) is 25.7 Å². The highest BCUT2D eigenvalue weighted by Crippen LogP contribution is 2.36. The summed E-state index contributed by atoms with van der Waals surface area (Å²) in [6.45, 7) is 2.05.